The smallest absolute Gasteiger partial charge is 0.272 e. The van der Waals surface area contributed by atoms with E-state index in [1.54, 1.807) is 21.9 Å². The summed E-state index contributed by atoms with van der Waals surface area (Å²) >= 11 is 0. The summed E-state index contributed by atoms with van der Waals surface area (Å²) < 4.78 is 0. The molecule has 122 valence electrons. The Hall–Kier alpha value is -2.70. The molecule has 0 radical (unpaired) electrons. The van der Waals surface area contributed by atoms with Crippen LogP contribution >= 0.6 is 0 Å². The lowest BCUT2D eigenvalue weighted by atomic mass is 10.2. The fraction of sp³-hybridized carbons (Fsp3) is 0.375. The van der Waals surface area contributed by atoms with Crippen LogP contribution in [0.2, 0.25) is 0 Å². The van der Waals surface area contributed by atoms with Gasteiger partial charge >= 0.3 is 0 Å². The molecule has 2 rings (SSSR count). The van der Waals surface area contributed by atoms with Gasteiger partial charge in [-0.25, -0.2) is 0 Å². The zero-order chi connectivity index (χ0) is 16.8. The maximum atomic E-state index is 12.5. The molecule has 1 aliphatic rings. The Kier molecular flexibility index (Phi) is 5.46. The second-order valence-electron chi connectivity index (χ2n) is 5.23. The van der Waals surface area contributed by atoms with Crippen molar-refractivity contribution in [2.24, 2.45) is 0 Å². The minimum Gasteiger partial charge on any atom is -0.349 e. The molecule has 0 bridgehead atoms. The first-order valence-corrected chi connectivity index (χ1v) is 7.43. The highest BCUT2D eigenvalue weighted by atomic mass is 16.2. The maximum absolute atomic E-state index is 12.5. The number of hydrogen-bond donors (Lipinski definition) is 1. The number of nitrogens with zero attached hydrogens (tertiary/aromatic N) is 3. The van der Waals surface area contributed by atoms with E-state index in [2.05, 4.69) is 16.9 Å². The highest BCUT2D eigenvalue weighted by Crippen LogP contribution is 2.09. The number of nitrogens with one attached hydrogen (secondary N) is 1. The molecule has 1 aromatic heterocycles. The molecule has 0 atom stereocenters. The fourth-order valence-electron chi connectivity index (χ4n) is 2.34. The van der Waals surface area contributed by atoms with Gasteiger partial charge in [0.1, 0.15) is 5.69 Å². The summed E-state index contributed by atoms with van der Waals surface area (Å²) in [5.41, 5.74) is 0.611. The van der Waals surface area contributed by atoms with Crippen molar-refractivity contribution in [3.05, 3.63) is 42.2 Å². The SMILES string of the molecule is C=CCNC(=O)c1ccnc(C(=O)N2CCN(C(C)=O)CC2)c1. The lowest BCUT2D eigenvalue weighted by Gasteiger charge is -2.34. The summed E-state index contributed by atoms with van der Waals surface area (Å²) in [6, 6.07) is 3.04. The maximum Gasteiger partial charge on any atom is 0.272 e. The van der Waals surface area contributed by atoms with Gasteiger partial charge in [0, 0.05) is 51.4 Å². The predicted octanol–water partition coefficient (Wildman–Crippen LogP) is 0.302. The van der Waals surface area contributed by atoms with E-state index in [4.69, 9.17) is 0 Å². The van der Waals surface area contributed by atoms with E-state index in [1.807, 2.05) is 0 Å². The van der Waals surface area contributed by atoms with Gasteiger partial charge < -0.3 is 15.1 Å². The minimum absolute atomic E-state index is 0.0103. The van der Waals surface area contributed by atoms with Crippen LogP contribution in [0.1, 0.15) is 27.8 Å². The number of aromatic nitrogens is 1. The normalized spacial score (nSPS) is 14.3. The summed E-state index contributed by atoms with van der Waals surface area (Å²) in [4.78, 5) is 43.1. The van der Waals surface area contributed by atoms with Gasteiger partial charge in [-0.3, -0.25) is 19.4 Å². The van der Waals surface area contributed by atoms with Crippen LogP contribution in [0.15, 0.2) is 31.0 Å². The summed E-state index contributed by atoms with van der Waals surface area (Å²) in [5, 5.41) is 2.66. The van der Waals surface area contributed by atoms with Gasteiger partial charge in [0.2, 0.25) is 5.91 Å². The third-order valence-electron chi connectivity index (χ3n) is 3.66. The van der Waals surface area contributed by atoms with Crippen molar-refractivity contribution in [3.63, 3.8) is 0 Å². The van der Waals surface area contributed by atoms with E-state index in [0.717, 1.165) is 0 Å². The van der Waals surface area contributed by atoms with Crippen molar-refractivity contribution in [1.29, 1.82) is 0 Å². The second kappa shape index (κ2) is 7.53. The highest BCUT2D eigenvalue weighted by molar-refractivity contribution is 5.98. The van der Waals surface area contributed by atoms with Crippen LogP contribution in [-0.4, -0.2) is 65.2 Å². The third-order valence-corrected chi connectivity index (χ3v) is 3.66. The Morgan fingerprint density at radius 3 is 2.52 bits per heavy atom. The van der Waals surface area contributed by atoms with Gasteiger partial charge in [0.05, 0.1) is 0 Å². The molecule has 3 amide bonds. The molecule has 1 aliphatic heterocycles. The molecule has 1 aromatic rings. The lowest BCUT2D eigenvalue weighted by Crippen LogP contribution is -2.50. The van der Waals surface area contributed by atoms with Crippen molar-refractivity contribution >= 4 is 17.7 Å². The zero-order valence-electron chi connectivity index (χ0n) is 13.1. The topological polar surface area (TPSA) is 82.6 Å². The second-order valence-corrected chi connectivity index (χ2v) is 5.23. The third kappa shape index (κ3) is 4.15. The molecule has 0 unspecified atom stereocenters. The van der Waals surface area contributed by atoms with Crippen LogP contribution in [0.3, 0.4) is 0 Å². The molecule has 1 fully saturated rings. The molecule has 7 heteroatoms. The molecule has 1 saturated heterocycles. The first-order valence-electron chi connectivity index (χ1n) is 7.43. The van der Waals surface area contributed by atoms with Crippen LogP contribution in [0.25, 0.3) is 0 Å². The van der Waals surface area contributed by atoms with E-state index in [0.29, 0.717) is 38.3 Å². The number of carbonyl (C=O) groups excluding carboxylic acids is 3. The van der Waals surface area contributed by atoms with E-state index in [9.17, 15) is 14.4 Å². The van der Waals surface area contributed by atoms with Gasteiger partial charge in [-0.05, 0) is 12.1 Å². The molecule has 2 heterocycles. The van der Waals surface area contributed by atoms with Gasteiger partial charge in [-0.15, -0.1) is 6.58 Å². The number of rotatable bonds is 4. The van der Waals surface area contributed by atoms with Crippen molar-refractivity contribution in [2.45, 2.75) is 6.92 Å². The van der Waals surface area contributed by atoms with Gasteiger partial charge in [-0.2, -0.15) is 0 Å². The number of hydrogen-bond acceptors (Lipinski definition) is 4. The number of amides is 3. The molecule has 0 aliphatic carbocycles. The van der Waals surface area contributed by atoms with Crippen LogP contribution < -0.4 is 5.32 Å². The largest absolute Gasteiger partial charge is 0.349 e. The van der Waals surface area contributed by atoms with Crippen molar-refractivity contribution in [1.82, 2.24) is 20.1 Å². The zero-order valence-corrected chi connectivity index (χ0v) is 13.1. The van der Waals surface area contributed by atoms with E-state index >= 15 is 0 Å². The summed E-state index contributed by atoms with van der Waals surface area (Å²) in [6.07, 6.45) is 3.03. The highest BCUT2D eigenvalue weighted by Gasteiger charge is 2.24. The predicted molar refractivity (Wildman–Crippen MR) is 84.9 cm³/mol. The lowest BCUT2D eigenvalue weighted by molar-refractivity contribution is -0.130. The molecule has 0 spiro atoms. The summed E-state index contributed by atoms with van der Waals surface area (Å²) in [7, 11) is 0. The first kappa shape index (κ1) is 16.7. The average Bonchev–Trinajstić information content (AvgIpc) is 2.59. The standard InChI is InChI=1S/C16H20N4O3/c1-3-5-18-15(22)13-4-6-17-14(11-13)16(23)20-9-7-19(8-10-20)12(2)21/h3-4,6,11H,1,5,7-10H2,2H3,(H,18,22). The Balaban J connectivity index is 2.04. The molecule has 23 heavy (non-hydrogen) atoms. The van der Waals surface area contributed by atoms with E-state index in [1.165, 1.54) is 19.2 Å². The first-order chi connectivity index (χ1) is 11.0. The summed E-state index contributed by atoms with van der Waals surface area (Å²) in [6.45, 7) is 7.37. The van der Waals surface area contributed by atoms with Crippen LogP contribution in [-0.2, 0) is 4.79 Å². The van der Waals surface area contributed by atoms with Gasteiger partial charge in [0.15, 0.2) is 0 Å². The van der Waals surface area contributed by atoms with E-state index in [-0.39, 0.29) is 23.4 Å². The van der Waals surface area contributed by atoms with Crippen LogP contribution in [0, 0.1) is 0 Å². The quantitative estimate of drug-likeness (QED) is 0.810. The number of pyridine rings is 1. The molecule has 1 N–H and O–H groups in total. The van der Waals surface area contributed by atoms with Gasteiger partial charge in [0.25, 0.3) is 11.8 Å². The fourth-order valence-corrected chi connectivity index (χ4v) is 2.34. The Labute approximate surface area is 135 Å². The van der Waals surface area contributed by atoms with Crippen LogP contribution in [0.4, 0.5) is 0 Å². The minimum atomic E-state index is -0.275. The average molecular weight is 316 g/mol. The van der Waals surface area contributed by atoms with Crippen molar-refractivity contribution in [3.8, 4) is 0 Å². The van der Waals surface area contributed by atoms with Crippen LogP contribution in [0.5, 0.6) is 0 Å². The monoisotopic (exact) mass is 316 g/mol. The molecular formula is C16H20N4O3. The Morgan fingerprint density at radius 1 is 1.26 bits per heavy atom. The van der Waals surface area contributed by atoms with E-state index < -0.39 is 0 Å². The summed E-state index contributed by atoms with van der Waals surface area (Å²) in [5.74, 6) is -0.495. The Morgan fingerprint density at radius 2 is 1.91 bits per heavy atom. The number of carbonyl (C=O) groups is 3. The van der Waals surface area contributed by atoms with Gasteiger partial charge in [-0.1, -0.05) is 6.08 Å². The molecular weight excluding hydrogens is 296 g/mol. The van der Waals surface area contributed by atoms with Crippen molar-refractivity contribution < 1.29 is 14.4 Å². The molecule has 0 aromatic carbocycles. The molecule has 0 saturated carbocycles. The number of piperazine rings is 1. The Bertz CT molecular complexity index is 622. The van der Waals surface area contributed by atoms with Crippen molar-refractivity contribution in [2.75, 3.05) is 32.7 Å². The molecule has 7 nitrogen and oxygen atoms in total.